The van der Waals surface area contributed by atoms with Gasteiger partial charge in [-0.25, -0.2) is 4.98 Å². The molecule has 8 heteroatoms. The Morgan fingerprint density at radius 3 is 2.59 bits per heavy atom. The van der Waals surface area contributed by atoms with Crippen molar-refractivity contribution in [2.75, 3.05) is 30.4 Å². The van der Waals surface area contributed by atoms with Crippen LogP contribution < -0.4 is 15.0 Å². The molecule has 8 nitrogen and oxygen atoms in total. The Morgan fingerprint density at radius 2 is 2.00 bits per heavy atom. The summed E-state index contributed by atoms with van der Waals surface area (Å²) in [6.07, 6.45) is 10.4. The number of terminal acetylenes is 1. The number of aromatic nitrogens is 1. The fourth-order valence-corrected chi connectivity index (χ4v) is 3.38. The summed E-state index contributed by atoms with van der Waals surface area (Å²) in [5, 5.41) is 9.13. The minimum absolute atomic E-state index is 0.248. The molecule has 2 amide bonds. The maximum Gasteiger partial charge on any atom is 0.259 e. The quantitative estimate of drug-likeness (QED) is 0.320. The second-order valence-corrected chi connectivity index (χ2v) is 7.51. The van der Waals surface area contributed by atoms with Gasteiger partial charge in [0.25, 0.3) is 5.91 Å². The van der Waals surface area contributed by atoms with Gasteiger partial charge in [-0.2, -0.15) is 5.10 Å². The van der Waals surface area contributed by atoms with E-state index in [9.17, 15) is 9.59 Å². The van der Waals surface area contributed by atoms with Gasteiger partial charge < -0.3 is 10.1 Å². The average molecular weight is 454 g/mol. The molecule has 2 aromatic carbocycles. The van der Waals surface area contributed by atoms with Crippen molar-refractivity contribution in [2.24, 2.45) is 5.10 Å². The summed E-state index contributed by atoms with van der Waals surface area (Å²) in [6.45, 7) is 1.94. The van der Waals surface area contributed by atoms with E-state index in [4.69, 9.17) is 11.2 Å². The standard InChI is InChI=1S/C26H23N5O3/c1-3-19-10-13-24(27-16-19)29-26(33)22-6-4-7-23(34-2)25(22)31(18-32)21-11-8-20(9-12-21)17-28-30-14-5-15-30/h1,4,6-13,16-18H,5,14-15H2,2H3,(H,27,29,33). The Hall–Kier alpha value is -4.64. The van der Waals surface area contributed by atoms with Crippen LogP contribution in [-0.2, 0) is 4.79 Å². The van der Waals surface area contributed by atoms with Crippen molar-refractivity contribution >= 4 is 35.7 Å². The first kappa shape index (κ1) is 22.6. The van der Waals surface area contributed by atoms with Crippen LogP contribution >= 0.6 is 0 Å². The van der Waals surface area contributed by atoms with Crippen LogP contribution in [-0.4, -0.2) is 48.7 Å². The summed E-state index contributed by atoms with van der Waals surface area (Å²) in [7, 11) is 1.49. The molecule has 1 aliphatic rings. The van der Waals surface area contributed by atoms with Crippen LogP contribution in [0, 0.1) is 12.3 Å². The molecule has 34 heavy (non-hydrogen) atoms. The molecule has 0 spiro atoms. The zero-order valence-electron chi connectivity index (χ0n) is 18.6. The number of benzene rings is 2. The third kappa shape index (κ3) is 4.89. The number of hydrogen-bond donors (Lipinski definition) is 1. The predicted molar refractivity (Wildman–Crippen MR) is 132 cm³/mol. The van der Waals surface area contributed by atoms with Crippen molar-refractivity contribution in [1.29, 1.82) is 0 Å². The summed E-state index contributed by atoms with van der Waals surface area (Å²) >= 11 is 0. The molecule has 1 fully saturated rings. The highest BCUT2D eigenvalue weighted by Crippen LogP contribution is 2.36. The number of amides is 2. The van der Waals surface area contributed by atoms with Crippen LogP contribution in [0.25, 0.3) is 0 Å². The normalized spacial score (nSPS) is 12.5. The first-order chi connectivity index (χ1) is 16.6. The second-order valence-electron chi connectivity index (χ2n) is 7.51. The van der Waals surface area contributed by atoms with Gasteiger partial charge in [-0.15, -0.1) is 6.42 Å². The van der Waals surface area contributed by atoms with Gasteiger partial charge in [0, 0.05) is 30.5 Å². The monoisotopic (exact) mass is 453 g/mol. The minimum Gasteiger partial charge on any atom is -0.495 e. The van der Waals surface area contributed by atoms with Gasteiger partial charge in [0.1, 0.15) is 17.3 Å². The Labute approximate surface area is 197 Å². The lowest BCUT2D eigenvalue weighted by Gasteiger charge is -2.27. The lowest BCUT2D eigenvalue weighted by molar-refractivity contribution is -0.106. The molecule has 2 heterocycles. The van der Waals surface area contributed by atoms with E-state index in [1.54, 1.807) is 48.7 Å². The largest absolute Gasteiger partial charge is 0.495 e. The number of hydrogen-bond acceptors (Lipinski definition) is 6. The number of nitrogens with one attached hydrogen (secondary N) is 1. The zero-order valence-corrected chi connectivity index (χ0v) is 18.6. The SMILES string of the molecule is C#Cc1ccc(NC(=O)c2cccc(OC)c2N(C=O)c2ccc(C=NN3CCC3)cc2)nc1. The number of rotatable bonds is 8. The molecule has 0 bridgehead atoms. The van der Waals surface area contributed by atoms with Crippen molar-refractivity contribution in [3.05, 3.63) is 77.5 Å². The third-order valence-electron chi connectivity index (χ3n) is 5.36. The van der Waals surface area contributed by atoms with Crippen LogP contribution in [0.3, 0.4) is 0 Å². The van der Waals surface area contributed by atoms with E-state index in [-0.39, 0.29) is 5.56 Å². The van der Waals surface area contributed by atoms with Gasteiger partial charge in [0.2, 0.25) is 6.41 Å². The number of carbonyl (C=O) groups excluding carboxylic acids is 2. The molecule has 0 unspecified atom stereocenters. The van der Waals surface area contributed by atoms with Crippen LogP contribution in [0.15, 0.2) is 65.9 Å². The number of para-hydroxylation sites is 1. The fourth-order valence-electron chi connectivity index (χ4n) is 3.38. The Balaban J connectivity index is 1.63. The van der Waals surface area contributed by atoms with Gasteiger partial charge >= 0.3 is 0 Å². The average Bonchev–Trinajstić information content (AvgIpc) is 2.85. The summed E-state index contributed by atoms with van der Waals surface area (Å²) in [5.41, 5.74) is 2.65. The predicted octanol–water partition coefficient (Wildman–Crippen LogP) is 3.66. The van der Waals surface area contributed by atoms with E-state index in [2.05, 4.69) is 21.3 Å². The molecule has 0 atom stereocenters. The van der Waals surface area contributed by atoms with Crippen molar-refractivity contribution in [3.63, 3.8) is 0 Å². The topological polar surface area (TPSA) is 87.1 Å². The van der Waals surface area contributed by atoms with Crippen LogP contribution in [0.1, 0.15) is 27.9 Å². The van der Waals surface area contributed by atoms with Gasteiger partial charge in [0.05, 0.1) is 18.9 Å². The molecule has 170 valence electrons. The molecule has 0 radical (unpaired) electrons. The molecular formula is C26H23N5O3. The molecular weight excluding hydrogens is 430 g/mol. The summed E-state index contributed by atoms with van der Waals surface area (Å²) < 4.78 is 5.48. The van der Waals surface area contributed by atoms with Crippen molar-refractivity contribution in [2.45, 2.75) is 6.42 Å². The van der Waals surface area contributed by atoms with Crippen LogP contribution in [0.2, 0.25) is 0 Å². The fraction of sp³-hybridized carbons (Fsp3) is 0.154. The molecule has 0 aliphatic carbocycles. The molecule has 1 saturated heterocycles. The van der Waals surface area contributed by atoms with Gasteiger partial charge in [-0.1, -0.05) is 24.1 Å². The van der Waals surface area contributed by atoms with E-state index in [0.717, 1.165) is 25.1 Å². The van der Waals surface area contributed by atoms with E-state index >= 15 is 0 Å². The van der Waals surface area contributed by atoms with E-state index in [0.29, 0.717) is 34.9 Å². The molecule has 0 saturated carbocycles. The lowest BCUT2D eigenvalue weighted by Crippen LogP contribution is -2.32. The van der Waals surface area contributed by atoms with Crippen molar-refractivity contribution < 1.29 is 14.3 Å². The second kappa shape index (κ2) is 10.3. The molecule has 1 aromatic heterocycles. The van der Waals surface area contributed by atoms with Gasteiger partial charge in [-0.3, -0.25) is 19.5 Å². The van der Waals surface area contributed by atoms with Gasteiger partial charge in [-0.05, 0) is 48.4 Å². The summed E-state index contributed by atoms with van der Waals surface area (Å²) in [5.74, 6) is 2.74. The highest BCUT2D eigenvalue weighted by atomic mass is 16.5. The maximum atomic E-state index is 13.1. The number of anilines is 3. The Kier molecular flexibility index (Phi) is 6.84. The highest BCUT2D eigenvalue weighted by Gasteiger charge is 2.22. The number of pyridine rings is 1. The number of methoxy groups -OCH3 is 1. The summed E-state index contributed by atoms with van der Waals surface area (Å²) in [4.78, 5) is 30.9. The smallest absolute Gasteiger partial charge is 0.259 e. The molecule has 1 N–H and O–H groups in total. The Bertz CT molecular complexity index is 1240. The lowest BCUT2D eigenvalue weighted by atomic mass is 10.1. The molecule has 1 aliphatic heterocycles. The van der Waals surface area contributed by atoms with Crippen molar-refractivity contribution in [1.82, 2.24) is 9.99 Å². The number of carbonyl (C=O) groups is 2. The maximum absolute atomic E-state index is 13.1. The number of nitrogens with zero attached hydrogens (tertiary/aromatic N) is 4. The third-order valence-corrected chi connectivity index (χ3v) is 5.36. The van der Waals surface area contributed by atoms with E-state index < -0.39 is 5.91 Å². The minimum atomic E-state index is -0.444. The van der Waals surface area contributed by atoms with Gasteiger partial charge in [0.15, 0.2) is 0 Å². The van der Waals surface area contributed by atoms with E-state index in [1.165, 1.54) is 18.2 Å². The Morgan fingerprint density at radius 1 is 1.21 bits per heavy atom. The number of hydrazone groups is 1. The van der Waals surface area contributed by atoms with Crippen LogP contribution in [0.5, 0.6) is 5.75 Å². The zero-order chi connectivity index (χ0) is 23.9. The van der Waals surface area contributed by atoms with Crippen molar-refractivity contribution in [3.8, 4) is 18.1 Å². The van der Waals surface area contributed by atoms with E-state index in [1.807, 2.05) is 17.1 Å². The highest BCUT2D eigenvalue weighted by molar-refractivity contribution is 6.11. The number of ether oxygens (including phenoxy) is 1. The summed E-state index contributed by atoms with van der Waals surface area (Å²) in [6, 6.07) is 15.6. The first-order valence-electron chi connectivity index (χ1n) is 10.7. The first-order valence-corrected chi connectivity index (χ1v) is 10.7. The molecule has 3 aromatic rings. The molecule has 4 rings (SSSR count). The van der Waals surface area contributed by atoms with Crippen LogP contribution in [0.4, 0.5) is 17.2 Å².